The molecule has 1 amide bonds. The molecule has 0 aliphatic heterocycles. The number of rotatable bonds is 6. The highest BCUT2D eigenvalue weighted by Gasteiger charge is 2.31. The Balaban J connectivity index is 2.08. The van der Waals surface area contributed by atoms with E-state index in [1.54, 1.807) is 6.20 Å². The lowest BCUT2D eigenvalue weighted by molar-refractivity contribution is -0.119. The monoisotopic (exact) mass is 338 g/mol. The van der Waals surface area contributed by atoms with Gasteiger partial charge in [-0.05, 0) is 37.3 Å². The molecule has 0 radical (unpaired) electrons. The number of aryl methyl sites for hydroxylation is 1. The predicted octanol–water partition coefficient (Wildman–Crippen LogP) is 2.56. The first-order valence-electron chi connectivity index (χ1n) is 8.23. The summed E-state index contributed by atoms with van der Waals surface area (Å²) < 4.78 is 24.6. The summed E-state index contributed by atoms with van der Waals surface area (Å²) in [4.78, 5) is 16.7. The van der Waals surface area contributed by atoms with Gasteiger partial charge in [0.2, 0.25) is 5.91 Å². The van der Waals surface area contributed by atoms with Gasteiger partial charge in [0.05, 0.1) is 17.0 Å². The van der Waals surface area contributed by atoms with E-state index >= 15 is 0 Å². The smallest absolute Gasteiger partial charge is 0.235 e. The summed E-state index contributed by atoms with van der Waals surface area (Å²) in [5.74, 6) is -0.727. The fraction of sp³-hybridized carbons (Fsp3) is 0.647. The first kappa shape index (κ1) is 17.9. The molecule has 0 spiro atoms. The maximum Gasteiger partial charge on any atom is 0.235 e. The van der Waals surface area contributed by atoms with Crippen molar-refractivity contribution in [3.8, 4) is 0 Å². The number of hydrogen-bond acceptors (Lipinski definition) is 4. The molecule has 5 nitrogen and oxygen atoms in total. The summed E-state index contributed by atoms with van der Waals surface area (Å²) in [5.41, 5.74) is 1.79. The van der Waals surface area contributed by atoms with E-state index in [1.807, 2.05) is 32.9 Å². The highest BCUT2D eigenvalue weighted by atomic mass is 32.2. The highest BCUT2D eigenvalue weighted by molar-refractivity contribution is 7.92. The number of nitrogens with one attached hydrogen (secondary N) is 1. The van der Waals surface area contributed by atoms with Crippen molar-refractivity contribution >= 4 is 15.7 Å². The van der Waals surface area contributed by atoms with E-state index in [0.29, 0.717) is 12.8 Å². The summed E-state index contributed by atoms with van der Waals surface area (Å²) in [6, 6.07) is 3.52. The Morgan fingerprint density at radius 2 is 2.00 bits per heavy atom. The molecular formula is C17H26N2O3S. The summed E-state index contributed by atoms with van der Waals surface area (Å²) >= 11 is 0. The van der Waals surface area contributed by atoms with Gasteiger partial charge in [0.25, 0.3) is 0 Å². The van der Waals surface area contributed by atoms with Crippen molar-refractivity contribution in [1.82, 2.24) is 10.3 Å². The van der Waals surface area contributed by atoms with E-state index in [9.17, 15) is 13.2 Å². The van der Waals surface area contributed by atoms with Crippen LogP contribution in [0.15, 0.2) is 18.3 Å². The molecule has 1 atom stereocenters. The van der Waals surface area contributed by atoms with Gasteiger partial charge in [0, 0.05) is 6.20 Å². The third kappa shape index (κ3) is 4.53. The predicted molar refractivity (Wildman–Crippen MR) is 90.7 cm³/mol. The van der Waals surface area contributed by atoms with Crippen LogP contribution in [0, 0.1) is 12.8 Å². The molecule has 6 heteroatoms. The molecule has 1 N–H and O–H groups in total. The highest BCUT2D eigenvalue weighted by Crippen LogP contribution is 2.26. The average Bonchev–Trinajstić information content (AvgIpc) is 3.00. The number of sulfone groups is 1. The van der Waals surface area contributed by atoms with Gasteiger partial charge in [-0.1, -0.05) is 32.8 Å². The molecule has 0 saturated heterocycles. The minimum atomic E-state index is -3.36. The van der Waals surface area contributed by atoms with Crippen LogP contribution in [0.2, 0.25) is 0 Å². The Morgan fingerprint density at radius 1 is 1.35 bits per heavy atom. The number of nitrogens with zero attached hydrogens (tertiary/aromatic N) is 1. The summed E-state index contributed by atoms with van der Waals surface area (Å²) in [7, 11) is -3.36. The lowest BCUT2D eigenvalue weighted by Gasteiger charge is -2.23. The van der Waals surface area contributed by atoms with E-state index in [1.165, 1.54) is 0 Å². The van der Waals surface area contributed by atoms with Gasteiger partial charge in [-0.15, -0.1) is 0 Å². The van der Waals surface area contributed by atoms with Crippen LogP contribution >= 0.6 is 0 Å². The fourth-order valence-electron chi connectivity index (χ4n) is 3.14. The van der Waals surface area contributed by atoms with Crippen molar-refractivity contribution in [2.24, 2.45) is 5.92 Å². The molecule has 1 aromatic heterocycles. The summed E-state index contributed by atoms with van der Waals surface area (Å²) in [5, 5.41) is 2.53. The molecule has 0 aromatic carbocycles. The maximum atomic E-state index is 12.3. The Kier molecular flexibility index (Phi) is 5.79. The Labute approximate surface area is 138 Å². The van der Waals surface area contributed by atoms with Crippen molar-refractivity contribution in [2.75, 3.05) is 5.75 Å². The van der Waals surface area contributed by atoms with Crippen LogP contribution in [0.1, 0.15) is 56.8 Å². The zero-order valence-corrected chi connectivity index (χ0v) is 14.9. The number of carbonyl (C=O) groups excluding carboxylic acids is 1. The molecule has 1 fully saturated rings. The summed E-state index contributed by atoms with van der Waals surface area (Å²) in [6.45, 7) is 5.92. The molecule has 1 aliphatic rings. The largest absolute Gasteiger partial charge is 0.347 e. The standard InChI is InChI=1S/C17H26N2O3S/c1-12(2)16(17-13(3)7-6-10-18-17)19-15(20)11-23(21,22)14-8-4-5-9-14/h6-7,10,12,14,16H,4-5,8-9,11H2,1-3H3,(H,19,20)/t16-/m0/s1. The van der Waals surface area contributed by atoms with E-state index in [2.05, 4.69) is 10.3 Å². The second kappa shape index (κ2) is 7.43. The molecular weight excluding hydrogens is 312 g/mol. The number of pyridine rings is 1. The minimum absolute atomic E-state index is 0.127. The SMILES string of the molecule is Cc1cccnc1[C@@H](NC(=O)CS(=O)(=O)C1CCCC1)C(C)C. The van der Waals surface area contributed by atoms with Gasteiger partial charge in [0.1, 0.15) is 5.75 Å². The molecule has 0 bridgehead atoms. The van der Waals surface area contributed by atoms with Gasteiger partial charge in [-0.25, -0.2) is 8.42 Å². The van der Waals surface area contributed by atoms with E-state index < -0.39 is 21.5 Å². The van der Waals surface area contributed by atoms with Crippen LogP contribution < -0.4 is 5.32 Å². The fourth-order valence-corrected chi connectivity index (χ4v) is 4.87. The van der Waals surface area contributed by atoms with Crippen LogP contribution in [-0.2, 0) is 14.6 Å². The molecule has 23 heavy (non-hydrogen) atoms. The summed E-state index contributed by atoms with van der Waals surface area (Å²) in [6.07, 6.45) is 4.94. The van der Waals surface area contributed by atoms with Gasteiger partial charge in [-0.3, -0.25) is 9.78 Å². The zero-order chi connectivity index (χ0) is 17.0. The number of hydrogen-bond donors (Lipinski definition) is 1. The van der Waals surface area contributed by atoms with E-state index in [4.69, 9.17) is 0 Å². The first-order chi connectivity index (χ1) is 10.8. The molecule has 0 unspecified atom stereocenters. The Bertz CT molecular complexity index is 650. The van der Waals surface area contributed by atoms with Crippen molar-refractivity contribution in [3.63, 3.8) is 0 Å². The van der Waals surface area contributed by atoms with Crippen LogP contribution in [0.4, 0.5) is 0 Å². The second-order valence-electron chi connectivity index (χ2n) is 6.71. The van der Waals surface area contributed by atoms with Crippen LogP contribution in [0.5, 0.6) is 0 Å². The van der Waals surface area contributed by atoms with Gasteiger partial charge >= 0.3 is 0 Å². The van der Waals surface area contributed by atoms with Crippen LogP contribution in [0.3, 0.4) is 0 Å². The minimum Gasteiger partial charge on any atom is -0.347 e. The number of aromatic nitrogens is 1. The van der Waals surface area contributed by atoms with E-state index in [0.717, 1.165) is 24.1 Å². The molecule has 1 heterocycles. The maximum absolute atomic E-state index is 12.3. The van der Waals surface area contributed by atoms with Gasteiger partial charge in [-0.2, -0.15) is 0 Å². The van der Waals surface area contributed by atoms with E-state index in [-0.39, 0.29) is 17.2 Å². The molecule has 1 aromatic rings. The van der Waals surface area contributed by atoms with Gasteiger partial charge in [0.15, 0.2) is 9.84 Å². The number of amides is 1. The topological polar surface area (TPSA) is 76.1 Å². The first-order valence-corrected chi connectivity index (χ1v) is 9.95. The number of carbonyl (C=O) groups is 1. The van der Waals surface area contributed by atoms with Crippen molar-refractivity contribution in [2.45, 2.75) is 57.7 Å². The zero-order valence-electron chi connectivity index (χ0n) is 14.1. The van der Waals surface area contributed by atoms with Crippen molar-refractivity contribution in [3.05, 3.63) is 29.6 Å². The molecule has 1 saturated carbocycles. The third-order valence-corrected chi connectivity index (χ3v) is 6.62. The van der Waals surface area contributed by atoms with Crippen LogP contribution in [0.25, 0.3) is 0 Å². The normalized spacial score (nSPS) is 17.4. The second-order valence-corrected chi connectivity index (χ2v) is 8.99. The van der Waals surface area contributed by atoms with Crippen LogP contribution in [-0.4, -0.2) is 30.3 Å². The Morgan fingerprint density at radius 3 is 2.57 bits per heavy atom. The lowest BCUT2D eigenvalue weighted by Crippen LogP contribution is -2.38. The third-order valence-electron chi connectivity index (χ3n) is 4.47. The molecule has 1 aliphatic carbocycles. The lowest BCUT2D eigenvalue weighted by atomic mass is 9.97. The Hall–Kier alpha value is -1.43. The van der Waals surface area contributed by atoms with Crippen molar-refractivity contribution < 1.29 is 13.2 Å². The molecule has 128 valence electrons. The quantitative estimate of drug-likeness (QED) is 0.865. The average molecular weight is 338 g/mol. The van der Waals surface area contributed by atoms with Gasteiger partial charge < -0.3 is 5.32 Å². The molecule has 2 rings (SSSR count). The van der Waals surface area contributed by atoms with Crippen molar-refractivity contribution in [1.29, 1.82) is 0 Å².